The van der Waals surface area contributed by atoms with Crippen LogP contribution in [0.25, 0.3) is 11.3 Å². The summed E-state index contributed by atoms with van der Waals surface area (Å²) >= 11 is 0. The molecule has 1 amide bonds. The molecule has 26 heavy (non-hydrogen) atoms. The maximum absolute atomic E-state index is 13.1. The minimum atomic E-state index is -0.281. The van der Waals surface area contributed by atoms with Crippen LogP contribution in [0.1, 0.15) is 16.1 Å². The van der Waals surface area contributed by atoms with Crippen molar-refractivity contribution in [2.75, 3.05) is 13.1 Å². The standard InChI is InChI=1S/C20H17FN2O3/c21-16-8-4-5-14(9-16)13-25-17-11-23(12-17)20(24)18-10-19(26-22-18)15-6-2-1-3-7-15/h1-10,17H,11-13H2. The Morgan fingerprint density at radius 3 is 2.73 bits per heavy atom. The summed E-state index contributed by atoms with van der Waals surface area (Å²) in [5.41, 5.74) is 1.94. The van der Waals surface area contributed by atoms with Gasteiger partial charge in [-0.15, -0.1) is 0 Å². The van der Waals surface area contributed by atoms with Crippen LogP contribution in [0.3, 0.4) is 0 Å². The van der Waals surface area contributed by atoms with Gasteiger partial charge >= 0.3 is 0 Å². The Bertz CT molecular complexity index is 904. The summed E-state index contributed by atoms with van der Waals surface area (Å²) in [6.07, 6.45) is -0.0530. The van der Waals surface area contributed by atoms with Gasteiger partial charge in [0.2, 0.25) is 0 Å². The van der Waals surface area contributed by atoms with Crippen LogP contribution >= 0.6 is 0 Å². The number of rotatable bonds is 5. The number of nitrogens with zero attached hydrogens (tertiary/aromatic N) is 2. The molecular weight excluding hydrogens is 335 g/mol. The minimum Gasteiger partial charge on any atom is -0.370 e. The lowest BCUT2D eigenvalue weighted by Crippen LogP contribution is -2.54. The van der Waals surface area contributed by atoms with Gasteiger partial charge in [-0.05, 0) is 17.7 Å². The third kappa shape index (κ3) is 3.50. The van der Waals surface area contributed by atoms with Gasteiger partial charge in [0, 0.05) is 24.7 Å². The summed E-state index contributed by atoms with van der Waals surface area (Å²) in [7, 11) is 0. The molecule has 132 valence electrons. The molecule has 0 N–H and O–H groups in total. The van der Waals surface area contributed by atoms with Crippen LogP contribution in [-0.2, 0) is 11.3 Å². The van der Waals surface area contributed by atoms with E-state index in [1.807, 2.05) is 36.4 Å². The molecule has 0 atom stereocenters. The zero-order valence-corrected chi connectivity index (χ0v) is 14.0. The molecule has 1 fully saturated rings. The Morgan fingerprint density at radius 1 is 1.15 bits per heavy atom. The number of carbonyl (C=O) groups excluding carboxylic acids is 1. The van der Waals surface area contributed by atoms with Gasteiger partial charge in [-0.1, -0.05) is 47.6 Å². The zero-order chi connectivity index (χ0) is 17.9. The summed E-state index contributed by atoms with van der Waals surface area (Å²) in [4.78, 5) is 14.1. The predicted molar refractivity (Wildman–Crippen MR) is 92.8 cm³/mol. The van der Waals surface area contributed by atoms with E-state index < -0.39 is 0 Å². The minimum absolute atomic E-state index is 0.0530. The van der Waals surface area contributed by atoms with Crippen LogP contribution in [-0.4, -0.2) is 35.2 Å². The molecule has 4 rings (SSSR count). The number of carbonyl (C=O) groups is 1. The van der Waals surface area contributed by atoms with Crippen molar-refractivity contribution in [3.05, 3.63) is 77.7 Å². The van der Waals surface area contributed by atoms with Gasteiger partial charge in [-0.2, -0.15) is 0 Å². The van der Waals surface area contributed by atoms with Crippen molar-refractivity contribution in [1.82, 2.24) is 10.1 Å². The van der Waals surface area contributed by atoms with Crippen LogP contribution in [0.4, 0.5) is 4.39 Å². The van der Waals surface area contributed by atoms with Crippen molar-refractivity contribution in [3.63, 3.8) is 0 Å². The Labute approximate surface area is 150 Å². The predicted octanol–water partition coefficient (Wildman–Crippen LogP) is 3.52. The van der Waals surface area contributed by atoms with Crippen molar-refractivity contribution < 1.29 is 18.4 Å². The van der Waals surface area contributed by atoms with Gasteiger partial charge in [0.05, 0.1) is 12.7 Å². The average Bonchev–Trinajstić information content (AvgIpc) is 3.11. The molecule has 0 saturated carbocycles. The number of halogens is 1. The number of hydrogen-bond acceptors (Lipinski definition) is 4. The Kier molecular flexibility index (Phi) is 4.50. The fraction of sp³-hybridized carbons (Fsp3) is 0.200. The second-order valence-electron chi connectivity index (χ2n) is 6.22. The van der Waals surface area contributed by atoms with Gasteiger partial charge in [0.1, 0.15) is 5.82 Å². The topological polar surface area (TPSA) is 55.6 Å². The molecule has 2 aromatic carbocycles. The quantitative estimate of drug-likeness (QED) is 0.705. The molecule has 1 aliphatic heterocycles. The highest BCUT2D eigenvalue weighted by molar-refractivity contribution is 5.93. The molecule has 1 aliphatic rings. The second kappa shape index (κ2) is 7.09. The first-order chi connectivity index (χ1) is 12.7. The first-order valence-electron chi connectivity index (χ1n) is 8.36. The fourth-order valence-corrected chi connectivity index (χ4v) is 2.83. The first-order valence-corrected chi connectivity index (χ1v) is 8.36. The second-order valence-corrected chi connectivity index (χ2v) is 6.22. The number of amides is 1. The van der Waals surface area contributed by atoms with Crippen molar-refractivity contribution in [3.8, 4) is 11.3 Å². The summed E-state index contributed by atoms with van der Waals surface area (Å²) in [6, 6.07) is 17.5. The van der Waals surface area contributed by atoms with E-state index in [2.05, 4.69) is 5.16 Å². The van der Waals surface area contributed by atoms with E-state index in [0.717, 1.165) is 11.1 Å². The molecule has 0 unspecified atom stereocenters. The number of aromatic nitrogens is 1. The molecule has 1 saturated heterocycles. The van der Waals surface area contributed by atoms with Gasteiger partial charge in [0.15, 0.2) is 11.5 Å². The third-order valence-corrected chi connectivity index (χ3v) is 4.30. The van der Waals surface area contributed by atoms with E-state index >= 15 is 0 Å². The molecule has 3 aromatic rings. The SMILES string of the molecule is O=C(c1cc(-c2ccccc2)on1)N1CC(OCc2cccc(F)c2)C1. The highest BCUT2D eigenvalue weighted by Crippen LogP contribution is 2.22. The maximum Gasteiger partial charge on any atom is 0.276 e. The monoisotopic (exact) mass is 352 g/mol. The Morgan fingerprint density at radius 2 is 1.96 bits per heavy atom. The van der Waals surface area contributed by atoms with Crippen LogP contribution in [0.5, 0.6) is 0 Å². The van der Waals surface area contributed by atoms with E-state index in [1.165, 1.54) is 12.1 Å². The van der Waals surface area contributed by atoms with Gasteiger partial charge < -0.3 is 14.2 Å². The highest BCUT2D eigenvalue weighted by atomic mass is 19.1. The van der Waals surface area contributed by atoms with Gasteiger partial charge in [0.25, 0.3) is 5.91 Å². The van der Waals surface area contributed by atoms with E-state index in [9.17, 15) is 9.18 Å². The van der Waals surface area contributed by atoms with Crippen LogP contribution < -0.4 is 0 Å². The fourth-order valence-electron chi connectivity index (χ4n) is 2.83. The summed E-state index contributed by atoms with van der Waals surface area (Å²) in [5, 5.41) is 3.88. The van der Waals surface area contributed by atoms with E-state index in [-0.39, 0.29) is 23.5 Å². The van der Waals surface area contributed by atoms with Crippen molar-refractivity contribution in [2.45, 2.75) is 12.7 Å². The molecule has 5 nitrogen and oxygen atoms in total. The van der Waals surface area contributed by atoms with Crippen LogP contribution in [0.15, 0.2) is 65.2 Å². The molecule has 0 radical (unpaired) electrons. The van der Waals surface area contributed by atoms with E-state index in [0.29, 0.717) is 25.5 Å². The summed E-state index contributed by atoms with van der Waals surface area (Å²) < 4.78 is 24.1. The Hall–Kier alpha value is -2.99. The molecule has 1 aromatic heterocycles. The Balaban J connectivity index is 1.30. The zero-order valence-electron chi connectivity index (χ0n) is 14.0. The lowest BCUT2D eigenvalue weighted by Gasteiger charge is -2.38. The van der Waals surface area contributed by atoms with Crippen molar-refractivity contribution in [2.24, 2.45) is 0 Å². The smallest absolute Gasteiger partial charge is 0.276 e. The number of ether oxygens (including phenoxy) is 1. The number of benzene rings is 2. The molecule has 2 heterocycles. The van der Waals surface area contributed by atoms with Crippen molar-refractivity contribution in [1.29, 1.82) is 0 Å². The normalized spacial score (nSPS) is 14.3. The van der Waals surface area contributed by atoms with Gasteiger partial charge in [-0.25, -0.2) is 4.39 Å². The number of hydrogen-bond donors (Lipinski definition) is 0. The van der Waals surface area contributed by atoms with Crippen molar-refractivity contribution >= 4 is 5.91 Å². The first kappa shape index (κ1) is 16.5. The molecule has 0 aliphatic carbocycles. The molecule has 6 heteroatoms. The number of likely N-dealkylation sites (tertiary alicyclic amines) is 1. The van der Waals surface area contributed by atoms with E-state index in [4.69, 9.17) is 9.26 Å². The third-order valence-electron chi connectivity index (χ3n) is 4.30. The van der Waals surface area contributed by atoms with E-state index in [1.54, 1.807) is 17.0 Å². The molecule has 0 bridgehead atoms. The average molecular weight is 352 g/mol. The summed E-state index contributed by atoms with van der Waals surface area (Å²) in [5.74, 6) is 0.103. The lowest BCUT2D eigenvalue weighted by molar-refractivity contribution is -0.0506. The van der Waals surface area contributed by atoms with Gasteiger partial charge in [-0.3, -0.25) is 4.79 Å². The maximum atomic E-state index is 13.1. The summed E-state index contributed by atoms with van der Waals surface area (Å²) in [6.45, 7) is 1.30. The molecule has 0 spiro atoms. The highest BCUT2D eigenvalue weighted by Gasteiger charge is 2.33. The van der Waals surface area contributed by atoms with Crippen LogP contribution in [0, 0.1) is 5.82 Å². The lowest BCUT2D eigenvalue weighted by atomic mass is 10.1. The molecular formula is C20H17FN2O3. The largest absolute Gasteiger partial charge is 0.370 e. The van der Waals surface area contributed by atoms with Crippen LogP contribution in [0.2, 0.25) is 0 Å².